The lowest BCUT2D eigenvalue weighted by molar-refractivity contribution is 0.102. The van der Waals surface area contributed by atoms with Gasteiger partial charge in [-0.2, -0.15) is 4.31 Å². The minimum atomic E-state index is -3.54. The molecule has 0 atom stereocenters. The molecule has 0 saturated carbocycles. The zero-order valence-corrected chi connectivity index (χ0v) is 18.2. The first-order chi connectivity index (χ1) is 13.9. The number of hydrogen-bond donors (Lipinski definition) is 1. The third-order valence-corrected chi connectivity index (χ3v) is 6.54. The van der Waals surface area contributed by atoms with E-state index in [1.807, 2.05) is 13.8 Å². The normalized spacial score (nSPS) is 11.4. The highest BCUT2D eigenvalue weighted by atomic mass is 32.2. The molecule has 0 spiro atoms. The maximum Gasteiger partial charge on any atom is 0.255 e. The molecule has 0 aliphatic carbocycles. The quantitative estimate of drug-likeness (QED) is 0.581. The molecule has 1 N–H and O–H groups in total. The number of nitrogens with one attached hydrogen (secondary N) is 1. The second-order valence-corrected chi connectivity index (χ2v) is 8.76. The van der Waals surface area contributed by atoms with Crippen molar-refractivity contribution >= 4 is 21.6 Å². The lowest BCUT2D eigenvalue weighted by atomic mass is 10.2. The molecule has 0 unspecified atom stereocenters. The van der Waals surface area contributed by atoms with Gasteiger partial charge < -0.3 is 10.1 Å². The van der Waals surface area contributed by atoms with Gasteiger partial charge in [0.15, 0.2) is 0 Å². The molecule has 0 fully saturated rings. The van der Waals surface area contributed by atoms with E-state index in [-0.39, 0.29) is 10.8 Å². The monoisotopic (exact) mass is 418 g/mol. The van der Waals surface area contributed by atoms with Crippen LogP contribution in [0, 0.1) is 0 Å². The Labute approximate surface area is 173 Å². The molecule has 1 amide bonds. The van der Waals surface area contributed by atoms with Crippen molar-refractivity contribution in [1.82, 2.24) is 4.31 Å². The average Bonchev–Trinajstić information content (AvgIpc) is 2.74. The van der Waals surface area contributed by atoms with Crippen molar-refractivity contribution in [3.05, 3.63) is 54.1 Å². The van der Waals surface area contributed by atoms with Crippen molar-refractivity contribution in [2.24, 2.45) is 0 Å². The van der Waals surface area contributed by atoms with Crippen molar-refractivity contribution in [3.63, 3.8) is 0 Å². The molecular formula is C22H30N2O4S. The third-order valence-electron chi connectivity index (χ3n) is 4.62. The van der Waals surface area contributed by atoms with E-state index in [0.717, 1.165) is 25.7 Å². The average molecular weight is 419 g/mol. The van der Waals surface area contributed by atoms with Crippen LogP contribution in [0.5, 0.6) is 5.75 Å². The number of ether oxygens (including phenoxy) is 1. The molecule has 2 aromatic rings. The van der Waals surface area contributed by atoms with Gasteiger partial charge in [-0.1, -0.05) is 26.7 Å². The van der Waals surface area contributed by atoms with Gasteiger partial charge in [0, 0.05) is 24.3 Å². The van der Waals surface area contributed by atoms with Gasteiger partial charge in [-0.05, 0) is 61.4 Å². The van der Waals surface area contributed by atoms with Gasteiger partial charge in [-0.3, -0.25) is 4.79 Å². The summed E-state index contributed by atoms with van der Waals surface area (Å²) in [5.41, 5.74) is 1.03. The van der Waals surface area contributed by atoms with E-state index >= 15 is 0 Å². The van der Waals surface area contributed by atoms with Crippen LogP contribution >= 0.6 is 0 Å². The molecule has 0 bridgehead atoms. The number of sulfonamides is 1. The van der Waals surface area contributed by atoms with E-state index in [2.05, 4.69) is 5.32 Å². The van der Waals surface area contributed by atoms with Gasteiger partial charge >= 0.3 is 0 Å². The molecule has 29 heavy (non-hydrogen) atoms. The standard InChI is InChI=1S/C22H30N2O4S/c1-4-6-16-24(17-7-5-2)29(26,27)21-14-10-19(11-15-21)23-22(25)18-8-12-20(28-3)13-9-18/h8-15H,4-7,16-17H2,1-3H3,(H,23,25). The van der Waals surface area contributed by atoms with Gasteiger partial charge in [-0.25, -0.2) is 8.42 Å². The number of carbonyl (C=O) groups is 1. The minimum absolute atomic E-state index is 0.243. The zero-order valence-electron chi connectivity index (χ0n) is 17.3. The Morgan fingerprint density at radius 2 is 1.48 bits per heavy atom. The fraction of sp³-hybridized carbons (Fsp3) is 0.409. The molecule has 0 radical (unpaired) electrons. The predicted molar refractivity (Wildman–Crippen MR) is 116 cm³/mol. The second kappa shape index (κ2) is 11.0. The van der Waals surface area contributed by atoms with Crippen LogP contribution in [0.25, 0.3) is 0 Å². The molecule has 0 aliphatic rings. The van der Waals surface area contributed by atoms with E-state index < -0.39 is 10.0 Å². The van der Waals surface area contributed by atoms with Crippen LogP contribution in [-0.2, 0) is 10.0 Å². The zero-order chi connectivity index (χ0) is 21.3. The van der Waals surface area contributed by atoms with E-state index in [1.165, 1.54) is 0 Å². The largest absolute Gasteiger partial charge is 0.497 e. The van der Waals surface area contributed by atoms with Crippen molar-refractivity contribution in [2.45, 2.75) is 44.4 Å². The Morgan fingerprint density at radius 1 is 0.931 bits per heavy atom. The van der Waals surface area contributed by atoms with Crippen molar-refractivity contribution < 1.29 is 17.9 Å². The first-order valence-electron chi connectivity index (χ1n) is 9.98. The molecule has 7 heteroatoms. The highest BCUT2D eigenvalue weighted by molar-refractivity contribution is 7.89. The van der Waals surface area contributed by atoms with Crippen LogP contribution in [0.15, 0.2) is 53.4 Å². The summed E-state index contributed by atoms with van der Waals surface area (Å²) in [6.45, 7) is 5.14. The van der Waals surface area contributed by atoms with Gasteiger partial charge in [0.05, 0.1) is 12.0 Å². The van der Waals surface area contributed by atoms with Crippen LogP contribution in [0.4, 0.5) is 5.69 Å². The molecule has 0 saturated heterocycles. The number of rotatable bonds is 11. The van der Waals surface area contributed by atoms with Crippen LogP contribution < -0.4 is 10.1 Å². The molecule has 0 aliphatic heterocycles. The number of benzene rings is 2. The SMILES string of the molecule is CCCCN(CCCC)S(=O)(=O)c1ccc(NC(=O)c2ccc(OC)cc2)cc1. The van der Waals surface area contributed by atoms with Crippen LogP contribution in [-0.4, -0.2) is 38.8 Å². The number of amides is 1. The second-order valence-electron chi connectivity index (χ2n) is 6.82. The fourth-order valence-corrected chi connectivity index (χ4v) is 4.34. The molecule has 0 heterocycles. The Bertz CT molecular complexity index is 870. The summed E-state index contributed by atoms with van der Waals surface area (Å²) in [5, 5.41) is 2.78. The van der Waals surface area contributed by atoms with E-state index in [4.69, 9.17) is 4.74 Å². The summed E-state index contributed by atoms with van der Waals surface area (Å²) < 4.78 is 32.6. The van der Waals surface area contributed by atoms with Crippen LogP contribution in [0.2, 0.25) is 0 Å². The van der Waals surface area contributed by atoms with Gasteiger partial charge in [0.25, 0.3) is 5.91 Å². The summed E-state index contributed by atoms with van der Waals surface area (Å²) in [6.07, 6.45) is 3.54. The molecule has 0 aromatic heterocycles. The maximum atomic E-state index is 13.0. The summed E-state index contributed by atoms with van der Waals surface area (Å²) in [6, 6.07) is 13.1. The summed E-state index contributed by atoms with van der Waals surface area (Å²) >= 11 is 0. The lowest BCUT2D eigenvalue weighted by Gasteiger charge is -2.22. The summed E-state index contributed by atoms with van der Waals surface area (Å²) in [4.78, 5) is 12.6. The van der Waals surface area contributed by atoms with Gasteiger partial charge in [-0.15, -0.1) is 0 Å². The van der Waals surface area contributed by atoms with E-state index in [0.29, 0.717) is 30.1 Å². The third kappa shape index (κ3) is 6.30. The van der Waals surface area contributed by atoms with Crippen LogP contribution in [0.1, 0.15) is 49.9 Å². The number of hydrogen-bond acceptors (Lipinski definition) is 4. The van der Waals surface area contributed by atoms with Gasteiger partial charge in [0.1, 0.15) is 5.75 Å². The molecular weight excluding hydrogens is 388 g/mol. The molecule has 2 rings (SSSR count). The lowest BCUT2D eigenvalue weighted by Crippen LogP contribution is -2.33. The van der Waals surface area contributed by atoms with Crippen LogP contribution in [0.3, 0.4) is 0 Å². The highest BCUT2D eigenvalue weighted by Gasteiger charge is 2.23. The number of carbonyl (C=O) groups excluding carboxylic acids is 1. The smallest absolute Gasteiger partial charge is 0.255 e. The highest BCUT2D eigenvalue weighted by Crippen LogP contribution is 2.20. The number of methoxy groups -OCH3 is 1. The number of unbranched alkanes of at least 4 members (excludes halogenated alkanes) is 2. The Morgan fingerprint density at radius 3 is 1.97 bits per heavy atom. The molecule has 158 valence electrons. The summed E-state index contributed by atoms with van der Waals surface area (Å²) in [5.74, 6) is 0.405. The Kier molecular flexibility index (Phi) is 8.67. The van der Waals surface area contributed by atoms with Crippen molar-refractivity contribution in [3.8, 4) is 5.75 Å². The first-order valence-corrected chi connectivity index (χ1v) is 11.4. The Balaban J connectivity index is 2.11. The van der Waals surface area contributed by atoms with Gasteiger partial charge in [0.2, 0.25) is 10.0 Å². The molecule has 2 aromatic carbocycles. The number of nitrogens with zero attached hydrogens (tertiary/aromatic N) is 1. The minimum Gasteiger partial charge on any atom is -0.497 e. The van der Waals surface area contributed by atoms with E-state index in [1.54, 1.807) is 59.9 Å². The fourth-order valence-electron chi connectivity index (χ4n) is 2.83. The van der Waals surface area contributed by atoms with Crippen molar-refractivity contribution in [2.75, 3.05) is 25.5 Å². The topological polar surface area (TPSA) is 75.7 Å². The first kappa shape index (κ1) is 22.9. The summed E-state index contributed by atoms with van der Waals surface area (Å²) in [7, 11) is -1.98. The maximum absolute atomic E-state index is 13.0. The predicted octanol–water partition coefficient (Wildman–Crippen LogP) is 4.54. The van der Waals surface area contributed by atoms with Crippen molar-refractivity contribution in [1.29, 1.82) is 0 Å². The molecule has 6 nitrogen and oxygen atoms in total. The van der Waals surface area contributed by atoms with E-state index in [9.17, 15) is 13.2 Å². The Hall–Kier alpha value is -2.38. The number of anilines is 1.